The molecule has 106 valence electrons. The van der Waals surface area contributed by atoms with Crippen LogP contribution in [0.2, 0.25) is 0 Å². The third kappa shape index (κ3) is 2.52. The van der Waals surface area contributed by atoms with Crippen LogP contribution in [0, 0.1) is 0 Å². The number of ether oxygens (including phenoxy) is 1. The Morgan fingerprint density at radius 1 is 1.24 bits per heavy atom. The van der Waals surface area contributed by atoms with E-state index >= 15 is 0 Å². The third-order valence-corrected chi connectivity index (χ3v) is 4.66. The molecule has 1 amide bonds. The van der Waals surface area contributed by atoms with Crippen molar-refractivity contribution in [2.75, 3.05) is 12.0 Å². The fourth-order valence-electron chi connectivity index (χ4n) is 2.16. The zero-order valence-corrected chi connectivity index (χ0v) is 12.9. The second-order valence-corrected chi connectivity index (χ2v) is 6.10. The van der Waals surface area contributed by atoms with Crippen LogP contribution in [0.5, 0.6) is 5.75 Å². The van der Waals surface area contributed by atoms with Gasteiger partial charge in [0.1, 0.15) is 15.3 Å². The number of anilines is 1. The van der Waals surface area contributed by atoms with Crippen LogP contribution in [0.4, 0.5) is 5.69 Å². The van der Waals surface area contributed by atoms with E-state index in [1.165, 1.54) is 16.7 Å². The van der Waals surface area contributed by atoms with Gasteiger partial charge in [-0.05, 0) is 24.3 Å². The van der Waals surface area contributed by atoms with Gasteiger partial charge in [0.25, 0.3) is 5.91 Å². The number of thiocarbonyl (C=S) groups is 1. The minimum atomic E-state index is -0.399. The summed E-state index contributed by atoms with van der Waals surface area (Å²) in [5, 5.41) is -0.399. The van der Waals surface area contributed by atoms with Gasteiger partial charge < -0.3 is 4.74 Å². The summed E-state index contributed by atoms with van der Waals surface area (Å²) in [6, 6.07) is 12.9. The lowest BCUT2D eigenvalue weighted by molar-refractivity contribution is -0.117. The van der Waals surface area contributed by atoms with E-state index in [0.717, 1.165) is 0 Å². The number of hydrogen-bond donors (Lipinski definition) is 0. The van der Waals surface area contributed by atoms with Crippen molar-refractivity contribution in [2.24, 2.45) is 0 Å². The summed E-state index contributed by atoms with van der Waals surface area (Å²) >= 11 is 6.71. The van der Waals surface area contributed by atoms with Crippen LogP contribution in [0.1, 0.15) is 10.9 Å². The molecule has 1 aliphatic rings. The topological polar surface area (TPSA) is 42.4 Å². The molecule has 0 radical (unpaired) electrons. The number of pyridine rings is 1. The smallest absolute Gasteiger partial charge is 0.252 e. The van der Waals surface area contributed by atoms with Crippen molar-refractivity contribution in [1.29, 1.82) is 0 Å². The molecule has 3 rings (SSSR count). The molecule has 0 spiro atoms. The second kappa shape index (κ2) is 5.83. The number of carbonyl (C=O) groups excluding carboxylic acids is 1. The van der Waals surface area contributed by atoms with E-state index in [9.17, 15) is 4.79 Å². The molecule has 1 fully saturated rings. The number of para-hydroxylation sites is 2. The van der Waals surface area contributed by atoms with E-state index in [2.05, 4.69) is 4.98 Å². The maximum absolute atomic E-state index is 12.7. The molecule has 0 aliphatic carbocycles. The summed E-state index contributed by atoms with van der Waals surface area (Å²) < 4.78 is 5.83. The van der Waals surface area contributed by atoms with Gasteiger partial charge in [0, 0.05) is 6.20 Å². The molecule has 0 N–H and O–H groups in total. The number of carbonyl (C=O) groups is 1. The van der Waals surface area contributed by atoms with Crippen molar-refractivity contribution in [2.45, 2.75) is 5.25 Å². The summed E-state index contributed by atoms with van der Waals surface area (Å²) in [5.41, 5.74) is 1.38. The molecule has 1 atom stereocenters. The van der Waals surface area contributed by atoms with Crippen LogP contribution in [0.15, 0.2) is 48.7 Å². The molecule has 6 heteroatoms. The summed E-state index contributed by atoms with van der Waals surface area (Å²) in [6.45, 7) is 0. The van der Waals surface area contributed by atoms with Gasteiger partial charge >= 0.3 is 0 Å². The van der Waals surface area contributed by atoms with Crippen LogP contribution in [0.3, 0.4) is 0 Å². The first-order valence-corrected chi connectivity index (χ1v) is 7.59. The molecule has 21 heavy (non-hydrogen) atoms. The predicted octanol–water partition coefficient (Wildman–Crippen LogP) is 3.20. The largest absolute Gasteiger partial charge is 0.495 e. The number of hydrogen-bond acceptors (Lipinski definition) is 5. The number of methoxy groups -OCH3 is 1. The number of amides is 1. The van der Waals surface area contributed by atoms with E-state index in [1.54, 1.807) is 13.3 Å². The predicted molar refractivity (Wildman–Crippen MR) is 87.6 cm³/mol. The fraction of sp³-hybridized carbons (Fsp3) is 0.133. The van der Waals surface area contributed by atoms with Gasteiger partial charge in [-0.25, -0.2) is 0 Å². The normalized spacial score (nSPS) is 18.1. The number of nitrogens with zero attached hydrogens (tertiary/aromatic N) is 2. The van der Waals surface area contributed by atoms with Crippen molar-refractivity contribution >= 4 is 39.9 Å². The van der Waals surface area contributed by atoms with Crippen LogP contribution in [-0.4, -0.2) is 22.3 Å². The van der Waals surface area contributed by atoms with Gasteiger partial charge in [0.15, 0.2) is 0 Å². The minimum absolute atomic E-state index is 0.0896. The average molecular weight is 316 g/mol. The first-order chi connectivity index (χ1) is 10.2. The van der Waals surface area contributed by atoms with Gasteiger partial charge in [-0.3, -0.25) is 14.7 Å². The Labute approximate surface area is 132 Å². The minimum Gasteiger partial charge on any atom is -0.495 e. The summed E-state index contributed by atoms with van der Waals surface area (Å²) in [5.74, 6) is 0.531. The molecule has 0 saturated carbocycles. The molecular weight excluding hydrogens is 304 g/mol. The van der Waals surface area contributed by atoms with Crippen LogP contribution < -0.4 is 9.64 Å². The van der Waals surface area contributed by atoms with E-state index in [0.29, 0.717) is 21.5 Å². The van der Waals surface area contributed by atoms with Crippen molar-refractivity contribution in [3.63, 3.8) is 0 Å². The van der Waals surface area contributed by atoms with E-state index in [-0.39, 0.29) is 5.91 Å². The third-order valence-electron chi connectivity index (χ3n) is 3.13. The zero-order chi connectivity index (χ0) is 14.8. The molecule has 1 aromatic carbocycles. The molecule has 1 aromatic heterocycles. The van der Waals surface area contributed by atoms with E-state index in [1.807, 2.05) is 42.5 Å². The van der Waals surface area contributed by atoms with Crippen molar-refractivity contribution < 1.29 is 9.53 Å². The highest BCUT2D eigenvalue weighted by atomic mass is 32.2. The van der Waals surface area contributed by atoms with Gasteiger partial charge in [-0.1, -0.05) is 42.2 Å². The van der Waals surface area contributed by atoms with Crippen molar-refractivity contribution in [1.82, 2.24) is 4.98 Å². The first-order valence-electron chi connectivity index (χ1n) is 6.31. The quantitative estimate of drug-likeness (QED) is 0.814. The lowest BCUT2D eigenvalue weighted by atomic mass is 10.2. The first kappa shape index (κ1) is 14.0. The standard InChI is InChI=1S/C15H12N2O2S2/c1-19-12-8-3-2-7-11(12)17-14(18)13(21-15(17)20)10-6-4-5-9-16-10/h2-9,13H,1H3. The number of benzene rings is 1. The molecule has 0 bridgehead atoms. The molecule has 4 nitrogen and oxygen atoms in total. The van der Waals surface area contributed by atoms with Crippen LogP contribution in [0.25, 0.3) is 0 Å². The molecular formula is C15H12N2O2S2. The molecule has 2 heterocycles. The van der Waals surface area contributed by atoms with E-state index in [4.69, 9.17) is 17.0 Å². The molecule has 2 aromatic rings. The number of rotatable bonds is 3. The van der Waals surface area contributed by atoms with Gasteiger partial charge in [0.2, 0.25) is 0 Å². The zero-order valence-electron chi connectivity index (χ0n) is 11.2. The molecule has 1 unspecified atom stereocenters. The highest BCUT2D eigenvalue weighted by Gasteiger charge is 2.40. The Balaban J connectivity index is 1.98. The maximum atomic E-state index is 12.7. The Morgan fingerprint density at radius 2 is 2.00 bits per heavy atom. The molecule has 1 saturated heterocycles. The Hall–Kier alpha value is -1.92. The van der Waals surface area contributed by atoms with Crippen molar-refractivity contribution in [3.05, 3.63) is 54.4 Å². The highest BCUT2D eigenvalue weighted by Crippen LogP contribution is 2.43. The highest BCUT2D eigenvalue weighted by molar-refractivity contribution is 8.24. The second-order valence-electron chi connectivity index (χ2n) is 4.36. The number of thioether (sulfide) groups is 1. The van der Waals surface area contributed by atoms with Crippen LogP contribution in [-0.2, 0) is 4.79 Å². The van der Waals surface area contributed by atoms with Gasteiger partial charge in [-0.2, -0.15) is 0 Å². The Kier molecular flexibility index (Phi) is 3.90. The van der Waals surface area contributed by atoms with E-state index < -0.39 is 5.25 Å². The maximum Gasteiger partial charge on any atom is 0.252 e. The SMILES string of the molecule is COc1ccccc1N1C(=O)C(c2ccccn2)SC1=S. The summed E-state index contributed by atoms with van der Waals surface area (Å²) in [6.07, 6.45) is 1.68. The monoisotopic (exact) mass is 316 g/mol. The Bertz CT molecular complexity index is 691. The Morgan fingerprint density at radius 3 is 2.71 bits per heavy atom. The van der Waals surface area contributed by atoms with Crippen LogP contribution >= 0.6 is 24.0 Å². The summed E-state index contributed by atoms with van der Waals surface area (Å²) in [7, 11) is 1.58. The molecule has 1 aliphatic heterocycles. The van der Waals surface area contributed by atoms with Gasteiger partial charge in [-0.15, -0.1) is 0 Å². The lowest BCUT2D eigenvalue weighted by Gasteiger charge is -2.18. The average Bonchev–Trinajstić information content (AvgIpc) is 2.83. The van der Waals surface area contributed by atoms with Gasteiger partial charge in [0.05, 0.1) is 18.5 Å². The fourth-order valence-corrected chi connectivity index (χ4v) is 3.60. The lowest BCUT2D eigenvalue weighted by Crippen LogP contribution is -2.29. The summed E-state index contributed by atoms with van der Waals surface area (Å²) in [4.78, 5) is 18.5. The van der Waals surface area contributed by atoms with Crippen molar-refractivity contribution in [3.8, 4) is 5.75 Å². The number of aromatic nitrogens is 1.